The summed E-state index contributed by atoms with van der Waals surface area (Å²) in [5, 5.41) is 9.12. The molecule has 3 amide bonds. The zero-order valence-corrected chi connectivity index (χ0v) is 44.1. The van der Waals surface area contributed by atoms with Gasteiger partial charge in [0, 0.05) is 139 Å². The summed E-state index contributed by atoms with van der Waals surface area (Å²) in [5.41, 5.74) is 8.36. The molecule has 13 rings (SSSR count). The molecule has 7 aliphatic rings. The van der Waals surface area contributed by atoms with Crippen LogP contribution in [0.15, 0.2) is 127 Å². The first-order valence-corrected chi connectivity index (χ1v) is 26.8. The van der Waals surface area contributed by atoms with Crippen molar-refractivity contribution in [3.63, 3.8) is 0 Å². The number of rotatable bonds is 0. The maximum absolute atomic E-state index is 13.8. The molecule has 0 radical (unpaired) electrons. The first-order chi connectivity index (χ1) is 38.9. The number of carbonyl (C=O) groups is 3. The fourth-order valence-electron chi connectivity index (χ4n) is 12.3. The number of fused-ring (bicyclic) bond motifs is 9. The molecule has 6 aromatic rings. The molecule has 3 spiro atoms. The molecule has 0 saturated heterocycles. The van der Waals surface area contributed by atoms with Crippen molar-refractivity contribution >= 4 is 17.7 Å². The van der Waals surface area contributed by atoms with Crippen LogP contribution in [0.3, 0.4) is 0 Å². The first-order valence-electron chi connectivity index (χ1n) is 26.8. The summed E-state index contributed by atoms with van der Waals surface area (Å²) < 4.78 is 0. The Morgan fingerprint density at radius 3 is 0.975 bits per heavy atom. The average molecular weight is 1030 g/mol. The first kappa shape index (κ1) is 51.8. The molecular formula is C73H52N4O3. The highest BCUT2D eigenvalue weighted by Gasteiger charge is 2.62. The van der Waals surface area contributed by atoms with Crippen LogP contribution >= 0.6 is 0 Å². The number of amides is 3. The molecular weight excluding hydrogens is 981 g/mol. The predicted octanol–water partition coefficient (Wildman–Crippen LogP) is 8.76. The van der Waals surface area contributed by atoms with Crippen molar-refractivity contribution in [2.75, 3.05) is 39.3 Å². The minimum absolute atomic E-state index is 0.239. The van der Waals surface area contributed by atoms with Crippen LogP contribution in [0.1, 0.15) is 136 Å². The number of nitrogens with one attached hydrogen (secondary N) is 3. The Balaban J connectivity index is 1.05. The smallest absolute Gasteiger partial charge is 0.251 e. The molecule has 0 atom stereocenters. The SMILES string of the molecule is C#Cc1cc2cc(c1)C(=O)NCCN1CCNC(=O)c3cc(C#C)cc(c3)C#Cc3cccc(c3)C#CC34CC5CC(C#Cc6cccc(c6)C#C2)(C3)CC(C#Cc2cccc(c2)C#Cc2cc(C#C)cc(c2)C(=O)NCC1)(C5)C4. The molecule has 7 nitrogen and oxygen atoms in total. The van der Waals surface area contributed by atoms with Gasteiger partial charge in [-0.05, 0) is 154 Å². The lowest BCUT2D eigenvalue weighted by Gasteiger charge is -2.62. The zero-order chi connectivity index (χ0) is 55.1. The van der Waals surface area contributed by atoms with Crippen LogP contribution in [0.5, 0.6) is 0 Å². The van der Waals surface area contributed by atoms with Gasteiger partial charge in [-0.3, -0.25) is 19.3 Å². The van der Waals surface area contributed by atoms with E-state index in [0.717, 1.165) is 71.9 Å². The second kappa shape index (κ2) is 22.4. The molecule has 4 fully saturated rings. The van der Waals surface area contributed by atoms with E-state index < -0.39 is 0 Å². The van der Waals surface area contributed by atoms with E-state index in [0.29, 0.717) is 75.6 Å². The van der Waals surface area contributed by atoms with Gasteiger partial charge in [-0.2, -0.15) is 0 Å². The number of benzene rings is 6. The Morgan fingerprint density at radius 2 is 0.675 bits per heavy atom. The summed E-state index contributed by atoms with van der Waals surface area (Å²) in [6, 6.07) is 39.5. The minimum atomic E-state index is -0.335. The van der Waals surface area contributed by atoms with Gasteiger partial charge < -0.3 is 16.0 Å². The van der Waals surface area contributed by atoms with E-state index >= 15 is 0 Å². The molecule has 3 heterocycles. The second-order valence-corrected chi connectivity index (χ2v) is 21.5. The van der Waals surface area contributed by atoms with Gasteiger partial charge in [-0.25, -0.2) is 0 Å². The molecule has 3 aliphatic heterocycles. The van der Waals surface area contributed by atoms with Crippen LogP contribution < -0.4 is 16.0 Å². The van der Waals surface area contributed by atoms with E-state index in [1.54, 1.807) is 54.6 Å². The maximum atomic E-state index is 13.8. The summed E-state index contributed by atoms with van der Waals surface area (Å²) in [4.78, 5) is 43.6. The van der Waals surface area contributed by atoms with Crippen LogP contribution in [0, 0.1) is 130 Å². The third-order valence-corrected chi connectivity index (χ3v) is 15.4. The Hall–Kier alpha value is -10.3. The Labute approximate surface area is 469 Å². The standard InChI is InChI=1S/C73H52N4O3/c1-4-52-34-61-19-16-55-10-7-13-58(37-55)22-25-71-46-64-47-72(49-71)26-23-59-14-8-11-56(38-59)17-20-62-35-53(5-2)41-66(44-62)69(79)75-29-32-77(31-28-74-68(78)65(40-52)43-61)33-30-76-70(80)67-42-54(6-3)36-63(45-67)21-18-57-12-9-15-60(39-57)24-27-73(48-64,50-71)51-72/h1-3,7-15,34-45,64H,28-33,46-51H2,(H,74,78)(H,75,79)(H,76,80). The van der Waals surface area contributed by atoms with E-state index in [-0.39, 0.29) is 53.6 Å². The quantitative estimate of drug-likeness (QED) is 0.133. The lowest BCUT2D eigenvalue weighted by atomic mass is 9.40. The van der Waals surface area contributed by atoms with Gasteiger partial charge >= 0.3 is 0 Å². The van der Waals surface area contributed by atoms with Gasteiger partial charge in [0.05, 0.1) is 0 Å². The number of terminal acetylenes is 3. The van der Waals surface area contributed by atoms with Gasteiger partial charge in [-0.1, -0.05) is 107 Å². The summed E-state index contributed by atoms with van der Waals surface area (Å²) >= 11 is 0. The number of hydrogen-bond acceptors (Lipinski definition) is 4. The van der Waals surface area contributed by atoms with Crippen molar-refractivity contribution in [1.82, 2.24) is 20.9 Å². The third-order valence-electron chi connectivity index (χ3n) is 15.4. The van der Waals surface area contributed by atoms with E-state index in [1.165, 1.54) is 0 Å². The number of carbonyl (C=O) groups excluding carboxylic acids is 3. The topological polar surface area (TPSA) is 90.5 Å². The Morgan fingerprint density at radius 1 is 0.388 bits per heavy atom. The second-order valence-electron chi connectivity index (χ2n) is 21.5. The molecule has 0 unspecified atom stereocenters. The van der Waals surface area contributed by atoms with Crippen molar-refractivity contribution in [3.8, 4) is 108 Å². The summed E-state index contributed by atoms with van der Waals surface area (Å²) in [6.07, 6.45) is 23.1. The van der Waals surface area contributed by atoms with Crippen LogP contribution in [-0.2, 0) is 0 Å². The number of hydrogen-bond donors (Lipinski definition) is 3. The van der Waals surface area contributed by atoms with Gasteiger partial charge in [0.2, 0.25) is 0 Å². The fourth-order valence-corrected chi connectivity index (χ4v) is 12.3. The van der Waals surface area contributed by atoms with Crippen LogP contribution in [0.4, 0.5) is 0 Å². The van der Waals surface area contributed by atoms with Gasteiger partial charge in [0.1, 0.15) is 0 Å². The van der Waals surface area contributed by atoms with Gasteiger partial charge in [-0.15, -0.1) is 19.3 Å². The van der Waals surface area contributed by atoms with Crippen molar-refractivity contribution in [1.29, 1.82) is 0 Å². The summed E-state index contributed by atoms with van der Waals surface area (Å²) in [6.45, 7) is 1.84. The van der Waals surface area contributed by atoms with Crippen molar-refractivity contribution < 1.29 is 14.4 Å². The maximum Gasteiger partial charge on any atom is 0.251 e. The Bertz CT molecular complexity index is 3710. The average Bonchev–Trinajstić information content (AvgIpc) is 3.66. The highest BCUT2D eigenvalue weighted by molar-refractivity contribution is 5.96. The Kier molecular flexibility index (Phi) is 14.5. The fraction of sp³-hybridized carbons (Fsp3) is 0.219. The van der Waals surface area contributed by atoms with E-state index in [9.17, 15) is 14.4 Å². The molecule has 3 N–H and O–H groups in total. The summed E-state index contributed by atoms with van der Waals surface area (Å²) in [5.74, 6) is 49.6. The molecule has 4 aliphatic carbocycles. The molecule has 6 aromatic carbocycles. The third kappa shape index (κ3) is 12.1. The minimum Gasteiger partial charge on any atom is -0.351 e. The van der Waals surface area contributed by atoms with E-state index in [2.05, 4.69) is 105 Å². The molecule has 80 heavy (non-hydrogen) atoms. The van der Waals surface area contributed by atoms with Crippen LogP contribution in [0.2, 0.25) is 0 Å². The molecule has 0 aromatic heterocycles. The van der Waals surface area contributed by atoms with E-state index in [4.69, 9.17) is 19.3 Å². The highest BCUT2D eigenvalue weighted by atomic mass is 16.2. The lowest BCUT2D eigenvalue weighted by molar-refractivity contribution is -0.0837. The molecule has 382 valence electrons. The van der Waals surface area contributed by atoms with Gasteiger partial charge in [0.15, 0.2) is 0 Å². The van der Waals surface area contributed by atoms with Gasteiger partial charge in [0.25, 0.3) is 17.7 Å². The largest absolute Gasteiger partial charge is 0.351 e. The van der Waals surface area contributed by atoms with Crippen molar-refractivity contribution in [2.45, 2.75) is 38.5 Å². The highest BCUT2D eigenvalue weighted by Crippen LogP contribution is 2.69. The predicted molar refractivity (Wildman–Crippen MR) is 313 cm³/mol. The lowest BCUT2D eigenvalue weighted by Crippen LogP contribution is -2.55. The monoisotopic (exact) mass is 1030 g/mol. The van der Waals surface area contributed by atoms with E-state index in [1.807, 2.05) is 77.7 Å². The van der Waals surface area contributed by atoms with Crippen LogP contribution in [0.25, 0.3) is 0 Å². The zero-order valence-electron chi connectivity index (χ0n) is 44.1. The van der Waals surface area contributed by atoms with Crippen LogP contribution in [-0.4, -0.2) is 61.9 Å². The number of nitrogens with zero attached hydrogens (tertiary/aromatic N) is 1. The summed E-state index contributed by atoms with van der Waals surface area (Å²) in [7, 11) is 0. The van der Waals surface area contributed by atoms with Crippen molar-refractivity contribution in [3.05, 3.63) is 211 Å². The normalized spacial score (nSPS) is 22.4. The molecule has 7 heteroatoms. The molecule has 4 saturated carbocycles. The van der Waals surface area contributed by atoms with Crippen molar-refractivity contribution in [2.24, 2.45) is 22.2 Å². The molecule has 17 bridgehead atoms.